The van der Waals surface area contributed by atoms with Crippen LogP contribution in [0.2, 0.25) is 0 Å². The Bertz CT molecular complexity index is 493. The van der Waals surface area contributed by atoms with E-state index in [1.165, 1.54) is 16.2 Å². The van der Waals surface area contributed by atoms with Gasteiger partial charge in [0.15, 0.2) is 0 Å². The topological polar surface area (TPSA) is 33.2 Å². The number of amides is 1. The first-order valence-corrected chi connectivity index (χ1v) is 5.59. The highest BCUT2D eigenvalue weighted by Crippen LogP contribution is 2.18. The Kier molecular flexibility index (Phi) is 3.01. The van der Waals surface area contributed by atoms with E-state index in [-0.39, 0.29) is 5.91 Å². The number of hydrogen-bond donors (Lipinski definition) is 0. The molecular formula is C12H10N2OS. The summed E-state index contributed by atoms with van der Waals surface area (Å²) in [5, 5.41) is 1.75. The predicted molar refractivity (Wildman–Crippen MR) is 64.7 cm³/mol. The lowest BCUT2D eigenvalue weighted by molar-refractivity contribution is 0.0996. The van der Waals surface area contributed by atoms with Crippen molar-refractivity contribution in [1.29, 1.82) is 0 Å². The number of thiophene rings is 1. The van der Waals surface area contributed by atoms with E-state index in [0.29, 0.717) is 16.3 Å². The van der Waals surface area contributed by atoms with Crippen molar-refractivity contribution in [3.63, 3.8) is 0 Å². The molecule has 80 valence electrons. The van der Waals surface area contributed by atoms with Gasteiger partial charge in [0, 0.05) is 13.2 Å². The minimum atomic E-state index is -0.0969. The molecule has 2 aromatic heterocycles. The highest BCUT2D eigenvalue weighted by molar-refractivity contribution is 7.12. The van der Waals surface area contributed by atoms with Crippen molar-refractivity contribution in [2.45, 2.75) is 0 Å². The summed E-state index contributed by atoms with van der Waals surface area (Å²) in [5.41, 5.74) is 0.614. The van der Waals surface area contributed by atoms with Crippen LogP contribution >= 0.6 is 11.3 Å². The lowest BCUT2D eigenvalue weighted by atomic mass is 10.3. The van der Waals surface area contributed by atoms with Crippen LogP contribution in [0.25, 0.3) is 0 Å². The minimum Gasteiger partial charge on any atom is -0.295 e. The number of rotatable bonds is 2. The van der Waals surface area contributed by atoms with Gasteiger partial charge in [-0.25, -0.2) is 4.98 Å². The highest BCUT2D eigenvalue weighted by atomic mass is 32.1. The van der Waals surface area contributed by atoms with Crippen molar-refractivity contribution < 1.29 is 4.79 Å². The Morgan fingerprint density at radius 1 is 1.50 bits per heavy atom. The summed E-state index contributed by atoms with van der Waals surface area (Å²) >= 11 is 1.34. The Labute approximate surface area is 98.4 Å². The molecule has 2 radical (unpaired) electrons. The van der Waals surface area contributed by atoms with Crippen LogP contribution in [0, 0.1) is 6.92 Å². The molecule has 0 aromatic carbocycles. The van der Waals surface area contributed by atoms with Crippen LogP contribution in [0.15, 0.2) is 35.8 Å². The summed E-state index contributed by atoms with van der Waals surface area (Å²) in [6.07, 6.45) is 1.65. The lowest BCUT2D eigenvalue weighted by Crippen LogP contribution is -2.26. The average molecular weight is 230 g/mol. The van der Waals surface area contributed by atoms with Crippen LogP contribution in [-0.4, -0.2) is 17.9 Å². The van der Waals surface area contributed by atoms with E-state index in [4.69, 9.17) is 6.92 Å². The van der Waals surface area contributed by atoms with Crippen molar-refractivity contribution in [3.05, 3.63) is 53.2 Å². The number of nitrogens with zero attached hydrogens (tertiary/aromatic N) is 2. The number of carbonyl (C=O) groups excluding carboxylic acids is 1. The Morgan fingerprint density at radius 3 is 2.88 bits per heavy atom. The number of pyridine rings is 1. The highest BCUT2D eigenvalue weighted by Gasteiger charge is 2.15. The van der Waals surface area contributed by atoms with Gasteiger partial charge in [-0.1, -0.05) is 6.07 Å². The van der Waals surface area contributed by atoms with Gasteiger partial charge in [-0.2, -0.15) is 0 Å². The maximum Gasteiger partial charge on any atom is 0.269 e. The van der Waals surface area contributed by atoms with Gasteiger partial charge in [0.05, 0.1) is 4.88 Å². The molecule has 0 aliphatic rings. The molecule has 16 heavy (non-hydrogen) atoms. The van der Waals surface area contributed by atoms with Gasteiger partial charge in [0.25, 0.3) is 5.91 Å². The summed E-state index contributed by atoms with van der Waals surface area (Å²) in [4.78, 5) is 18.2. The van der Waals surface area contributed by atoms with Crippen molar-refractivity contribution in [2.75, 3.05) is 11.9 Å². The van der Waals surface area contributed by atoms with Gasteiger partial charge in [0.1, 0.15) is 5.82 Å². The molecule has 2 aromatic rings. The second kappa shape index (κ2) is 4.45. The van der Waals surface area contributed by atoms with Crippen LogP contribution in [0.4, 0.5) is 5.82 Å². The molecule has 2 heterocycles. The molecule has 0 aliphatic carbocycles. The second-order valence-electron chi connectivity index (χ2n) is 3.30. The largest absolute Gasteiger partial charge is 0.295 e. The summed E-state index contributed by atoms with van der Waals surface area (Å²) in [6.45, 7) is 5.58. The van der Waals surface area contributed by atoms with Crippen LogP contribution in [0.3, 0.4) is 0 Å². The molecule has 0 unspecified atom stereocenters. The van der Waals surface area contributed by atoms with E-state index in [1.807, 2.05) is 12.1 Å². The van der Waals surface area contributed by atoms with Crippen LogP contribution in [0.5, 0.6) is 0 Å². The number of hydrogen-bond acceptors (Lipinski definition) is 3. The molecule has 1 amide bonds. The van der Waals surface area contributed by atoms with Gasteiger partial charge in [0.2, 0.25) is 0 Å². The normalized spacial score (nSPS) is 10.1. The van der Waals surface area contributed by atoms with Gasteiger partial charge < -0.3 is 0 Å². The van der Waals surface area contributed by atoms with Crippen molar-refractivity contribution >= 4 is 23.1 Å². The zero-order chi connectivity index (χ0) is 11.5. The zero-order valence-corrected chi connectivity index (χ0v) is 9.57. The van der Waals surface area contributed by atoms with Crippen molar-refractivity contribution in [3.8, 4) is 0 Å². The minimum absolute atomic E-state index is 0.0969. The van der Waals surface area contributed by atoms with Crippen LogP contribution in [0.1, 0.15) is 15.2 Å². The zero-order valence-electron chi connectivity index (χ0n) is 8.75. The SMILES string of the molecule is [CH]c1csc(C(=O)N(C)c2ccccn2)c1. The Balaban J connectivity index is 2.23. The summed E-state index contributed by atoms with van der Waals surface area (Å²) < 4.78 is 0. The fourth-order valence-corrected chi connectivity index (χ4v) is 2.06. The molecule has 0 saturated heterocycles. The third-order valence-corrected chi connectivity index (χ3v) is 3.06. The van der Waals surface area contributed by atoms with Gasteiger partial charge in [-0.05, 0) is 36.1 Å². The van der Waals surface area contributed by atoms with Crippen LogP contribution < -0.4 is 4.90 Å². The maximum atomic E-state index is 12.0. The molecule has 0 spiro atoms. The summed E-state index contributed by atoms with van der Waals surface area (Å²) in [5.74, 6) is 0.528. The molecule has 0 fully saturated rings. The first kappa shape index (κ1) is 10.8. The van der Waals surface area contributed by atoms with Crippen LogP contribution in [-0.2, 0) is 0 Å². The smallest absolute Gasteiger partial charge is 0.269 e. The summed E-state index contributed by atoms with van der Waals surface area (Å²) in [6, 6.07) is 7.11. The molecule has 0 bridgehead atoms. The quantitative estimate of drug-likeness (QED) is 0.794. The van der Waals surface area contributed by atoms with E-state index in [1.54, 1.807) is 30.8 Å². The molecule has 0 aliphatic heterocycles. The molecular weight excluding hydrogens is 220 g/mol. The number of carbonyl (C=O) groups is 1. The third kappa shape index (κ3) is 2.12. The monoisotopic (exact) mass is 230 g/mol. The van der Waals surface area contributed by atoms with E-state index in [0.717, 1.165) is 0 Å². The first-order chi connectivity index (χ1) is 7.68. The molecule has 0 atom stereocenters. The molecule has 2 rings (SSSR count). The second-order valence-corrected chi connectivity index (χ2v) is 4.21. The molecule has 0 N–H and O–H groups in total. The van der Waals surface area contributed by atoms with Crippen molar-refractivity contribution in [1.82, 2.24) is 4.98 Å². The van der Waals surface area contributed by atoms with Gasteiger partial charge in [-0.3, -0.25) is 9.69 Å². The lowest BCUT2D eigenvalue weighted by Gasteiger charge is -2.14. The van der Waals surface area contributed by atoms with E-state index in [2.05, 4.69) is 4.98 Å². The van der Waals surface area contributed by atoms with Crippen molar-refractivity contribution in [2.24, 2.45) is 0 Å². The van der Waals surface area contributed by atoms with E-state index >= 15 is 0 Å². The maximum absolute atomic E-state index is 12.0. The fraction of sp³-hybridized carbons (Fsp3) is 0.0833. The standard InChI is InChI=1S/C12H10N2OS/c1-9-7-10(16-8-9)12(15)14(2)11-5-3-4-6-13-11/h1,3-8H,2H3. The van der Waals surface area contributed by atoms with E-state index in [9.17, 15) is 4.79 Å². The molecule has 0 saturated carbocycles. The first-order valence-electron chi connectivity index (χ1n) is 4.71. The molecule has 3 nitrogen and oxygen atoms in total. The third-order valence-electron chi connectivity index (χ3n) is 2.13. The predicted octanol–water partition coefficient (Wildman–Crippen LogP) is 2.48. The fourth-order valence-electron chi connectivity index (χ4n) is 1.28. The number of aromatic nitrogens is 1. The Hall–Kier alpha value is -1.68. The van der Waals surface area contributed by atoms with Gasteiger partial charge >= 0.3 is 0 Å². The van der Waals surface area contributed by atoms with Gasteiger partial charge in [-0.15, -0.1) is 11.3 Å². The summed E-state index contributed by atoms with van der Waals surface area (Å²) in [7, 11) is 1.70. The average Bonchev–Trinajstić information content (AvgIpc) is 2.75. The molecule has 4 heteroatoms. The van der Waals surface area contributed by atoms with E-state index < -0.39 is 0 Å². The Morgan fingerprint density at radius 2 is 2.31 bits per heavy atom. The number of anilines is 1.